The van der Waals surface area contributed by atoms with Gasteiger partial charge in [0.2, 0.25) is 11.8 Å². The summed E-state index contributed by atoms with van der Waals surface area (Å²) < 4.78 is 5.62. The highest BCUT2D eigenvalue weighted by Crippen LogP contribution is 2.10. The van der Waals surface area contributed by atoms with E-state index < -0.39 is 18.1 Å². The first-order chi connectivity index (χ1) is 16.2. The van der Waals surface area contributed by atoms with Crippen LogP contribution in [-0.4, -0.2) is 68.1 Å². The molecule has 192 valence electrons. The summed E-state index contributed by atoms with van der Waals surface area (Å²) in [5.41, 5.74) is 5.03. The van der Waals surface area contributed by atoms with Crippen LogP contribution in [0.1, 0.15) is 65.7 Å². The summed E-state index contributed by atoms with van der Waals surface area (Å²) >= 11 is 0. The van der Waals surface area contributed by atoms with Crippen LogP contribution in [0.2, 0.25) is 0 Å². The summed E-state index contributed by atoms with van der Waals surface area (Å²) in [6.07, 6.45) is 5.74. The van der Waals surface area contributed by atoms with E-state index in [1.54, 1.807) is 0 Å². The second-order valence-corrected chi connectivity index (χ2v) is 8.85. The molecule has 1 aliphatic rings. The number of ketones is 1. The Hall–Kier alpha value is -2.64. The van der Waals surface area contributed by atoms with Crippen molar-refractivity contribution in [1.29, 1.82) is 0 Å². The van der Waals surface area contributed by atoms with Crippen molar-refractivity contribution >= 4 is 23.6 Å². The van der Waals surface area contributed by atoms with E-state index in [0.29, 0.717) is 32.5 Å². The molecule has 4 amide bonds. The minimum atomic E-state index is -0.640. The molecule has 0 radical (unpaired) electrons. The number of rotatable bonds is 15. The first-order valence-corrected chi connectivity index (χ1v) is 12.1. The van der Waals surface area contributed by atoms with Gasteiger partial charge >= 0.3 is 6.03 Å². The summed E-state index contributed by atoms with van der Waals surface area (Å²) in [7, 11) is 0. The van der Waals surface area contributed by atoms with Crippen LogP contribution >= 0.6 is 0 Å². The molecule has 0 aromatic rings. The molecule has 0 aliphatic heterocycles. The van der Waals surface area contributed by atoms with E-state index in [4.69, 9.17) is 10.5 Å². The smallest absolute Gasteiger partial charge is 0.312 e. The number of carbonyl (C=O) groups excluding carboxylic acids is 4. The predicted octanol–water partition coefficient (Wildman–Crippen LogP) is 0.592. The molecule has 0 fully saturated rings. The maximum Gasteiger partial charge on any atom is 0.312 e. The first kappa shape index (κ1) is 29.4. The zero-order chi connectivity index (χ0) is 25.3. The van der Waals surface area contributed by atoms with Gasteiger partial charge in [-0.1, -0.05) is 26.2 Å². The minimum Gasteiger partial charge on any atom is -0.356 e. The third-order valence-corrected chi connectivity index (χ3v) is 5.48. The maximum atomic E-state index is 12.8. The minimum absolute atomic E-state index is 0.0268. The summed E-state index contributed by atoms with van der Waals surface area (Å²) in [6, 6.07) is -1.79. The summed E-state index contributed by atoms with van der Waals surface area (Å²) in [5.74, 6) is 5.47. The number of nitrogens with two attached hydrogens (primary N) is 1. The van der Waals surface area contributed by atoms with E-state index in [9.17, 15) is 19.2 Å². The van der Waals surface area contributed by atoms with Crippen molar-refractivity contribution in [1.82, 2.24) is 21.3 Å². The molecule has 0 aromatic carbocycles. The second kappa shape index (κ2) is 16.9. The van der Waals surface area contributed by atoms with Gasteiger partial charge in [-0.2, -0.15) is 0 Å². The van der Waals surface area contributed by atoms with Gasteiger partial charge in [0.1, 0.15) is 12.7 Å². The van der Waals surface area contributed by atoms with Gasteiger partial charge in [0.05, 0.1) is 12.1 Å². The number of hydrogen-bond acceptors (Lipinski definition) is 6. The van der Waals surface area contributed by atoms with Gasteiger partial charge in [0, 0.05) is 26.1 Å². The zero-order valence-corrected chi connectivity index (χ0v) is 20.7. The van der Waals surface area contributed by atoms with Gasteiger partial charge in [-0.3, -0.25) is 14.4 Å². The lowest BCUT2D eigenvalue weighted by Gasteiger charge is -2.25. The van der Waals surface area contributed by atoms with Gasteiger partial charge < -0.3 is 31.7 Å². The van der Waals surface area contributed by atoms with Crippen LogP contribution in [0, 0.1) is 17.8 Å². The number of Topliss-reactive ketones (excluding diaryl/α,β-unsaturated/α-hetero) is 1. The Morgan fingerprint density at radius 2 is 1.82 bits per heavy atom. The zero-order valence-electron chi connectivity index (χ0n) is 20.7. The quantitative estimate of drug-likeness (QED) is 0.171. The third-order valence-electron chi connectivity index (χ3n) is 5.48. The SMILES string of the molecule is CC(=O)[C@H](CCCNC(N)=O)NC(=O)[C@@H](NCCNC(=O)COC1C#CCCCCC1)C(C)C. The summed E-state index contributed by atoms with van der Waals surface area (Å²) in [4.78, 5) is 47.5. The van der Waals surface area contributed by atoms with Crippen LogP contribution in [0.5, 0.6) is 0 Å². The summed E-state index contributed by atoms with van der Waals surface area (Å²) in [5, 5.41) is 11.2. The monoisotopic (exact) mass is 479 g/mol. The predicted molar refractivity (Wildman–Crippen MR) is 130 cm³/mol. The van der Waals surface area contributed by atoms with Crippen molar-refractivity contribution < 1.29 is 23.9 Å². The fraction of sp³-hybridized carbons (Fsp3) is 0.750. The molecule has 6 N–H and O–H groups in total. The number of hydrogen-bond donors (Lipinski definition) is 5. The highest BCUT2D eigenvalue weighted by atomic mass is 16.5. The van der Waals surface area contributed by atoms with Crippen molar-refractivity contribution in [3.8, 4) is 11.8 Å². The Morgan fingerprint density at radius 1 is 1.06 bits per heavy atom. The number of primary amides is 1. The largest absolute Gasteiger partial charge is 0.356 e. The fourth-order valence-corrected chi connectivity index (χ4v) is 3.55. The number of amides is 4. The molecule has 0 aromatic heterocycles. The first-order valence-electron chi connectivity index (χ1n) is 12.1. The lowest BCUT2D eigenvalue weighted by molar-refractivity contribution is -0.129. The van der Waals surface area contributed by atoms with Gasteiger partial charge in [0.25, 0.3) is 0 Å². The van der Waals surface area contributed by atoms with E-state index in [1.165, 1.54) is 6.92 Å². The molecule has 10 heteroatoms. The summed E-state index contributed by atoms with van der Waals surface area (Å²) in [6.45, 7) is 6.24. The number of urea groups is 1. The molecule has 1 aliphatic carbocycles. The van der Waals surface area contributed by atoms with Crippen LogP contribution < -0.4 is 27.0 Å². The maximum absolute atomic E-state index is 12.8. The van der Waals surface area contributed by atoms with E-state index in [2.05, 4.69) is 33.1 Å². The Kier molecular flexibility index (Phi) is 14.6. The number of carbonyl (C=O) groups is 4. The fourth-order valence-electron chi connectivity index (χ4n) is 3.55. The van der Waals surface area contributed by atoms with Crippen molar-refractivity contribution in [2.24, 2.45) is 11.7 Å². The Balaban J connectivity index is 2.38. The van der Waals surface area contributed by atoms with Gasteiger partial charge in [0.15, 0.2) is 5.78 Å². The van der Waals surface area contributed by atoms with Crippen LogP contribution in [0.3, 0.4) is 0 Å². The molecule has 1 unspecified atom stereocenters. The van der Waals surface area contributed by atoms with Crippen LogP contribution in [0.4, 0.5) is 4.79 Å². The number of nitrogens with one attached hydrogen (secondary N) is 4. The van der Waals surface area contributed by atoms with Crippen LogP contribution in [-0.2, 0) is 19.1 Å². The van der Waals surface area contributed by atoms with Crippen molar-refractivity contribution in [2.75, 3.05) is 26.2 Å². The van der Waals surface area contributed by atoms with Crippen molar-refractivity contribution in [3.05, 3.63) is 0 Å². The molecule has 3 atom stereocenters. The molecule has 10 nitrogen and oxygen atoms in total. The Bertz CT molecular complexity index is 731. The third kappa shape index (κ3) is 13.2. The van der Waals surface area contributed by atoms with Crippen molar-refractivity contribution in [2.45, 2.75) is 83.9 Å². The second-order valence-electron chi connectivity index (χ2n) is 8.85. The molecule has 1 rings (SSSR count). The van der Waals surface area contributed by atoms with E-state index in [0.717, 1.165) is 32.1 Å². The molecular weight excluding hydrogens is 438 g/mol. The number of ether oxygens (including phenoxy) is 1. The van der Waals surface area contributed by atoms with E-state index >= 15 is 0 Å². The highest BCUT2D eigenvalue weighted by Gasteiger charge is 2.25. The average molecular weight is 480 g/mol. The molecular formula is C24H41N5O5. The average Bonchev–Trinajstić information content (AvgIpc) is 2.74. The molecule has 0 saturated heterocycles. The van der Waals surface area contributed by atoms with Crippen LogP contribution in [0.25, 0.3) is 0 Å². The Labute approximate surface area is 202 Å². The normalized spacial score (nSPS) is 17.4. The van der Waals surface area contributed by atoms with Crippen molar-refractivity contribution in [3.63, 3.8) is 0 Å². The molecule has 0 heterocycles. The van der Waals surface area contributed by atoms with E-state index in [-0.39, 0.29) is 36.2 Å². The highest BCUT2D eigenvalue weighted by molar-refractivity contribution is 5.89. The van der Waals surface area contributed by atoms with Gasteiger partial charge in [-0.25, -0.2) is 4.79 Å². The molecule has 0 bridgehead atoms. The van der Waals surface area contributed by atoms with E-state index in [1.807, 2.05) is 13.8 Å². The lowest BCUT2D eigenvalue weighted by atomic mass is 10.0. The van der Waals surface area contributed by atoms with Gasteiger partial charge in [-0.05, 0) is 44.9 Å². The molecule has 0 saturated carbocycles. The lowest BCUT2D eigenvalue weighted by Crippen LogP contribution is -2.53. The standard InChI is InChI=1S/C24H41N5O5/c1-17(2)22(23(32)29-20(18(3)30)12-9-13-28-24(25)33)27-15-14-26-21(31)16-34-19-10-7-5-4-6-8-11-19/h17,19-20,22,27H,4-7,9-10,12-16H2,1-3H3,(H,26,31)(H,29,32)(H3,25,28,33)/t19?,20-,22-/m0/s1. The van der Waals surface area contributed by atoms with Crippen LogP contribution in [0.15, 0.2) is 0 Å². The Morgan fingerprint density at radius 3 is 2.50 bits per heavy atom. The van der Waals surface area contributed by atoms with Gasteiger partial charge in [-0.15, -0.1) is 5.92 Å². The topological polar surface area (TPSA) is 152 Å². The molecule has 0 spiro atoms. The molecule has 34 heavy (non-hydrogen) atoms.